The van der Waals surface area contributed by atoms with Crippen LogP contribution < -0.4 is 14.8 Å². The molecule has 1 saturated heterocycles. The van der Waals surface area contributed by atoms with E-state index >= 15 is 0 Å². The summed E-state index contributed by atoms with van der Waals surface area (Å²) in [6.07, 6.45) is 0.561. The lowest BCUT2D eigenvalue weighted by Gasteiger charge is -2.32. The molecule has 1 fully saturated rings. The number of likely N-dealkylation sites (tertiary alicyclic amines) is 1. The fraction of sp³-hybridized carbons (Fsp3) is 0.400. The molecule has 8 nitrogen and oxygen atoms in total. The Morgan fingerprint density at radius 2 is 1.73 bits per heavy atom. The summed E-state index contributed by atoms with van der Waals surface area (Å²) in [4.78, 5) is 38.2. The molecular weight excluding hydrogens is 424 g/mol. The Kier molecular flexibility index (Phi) is 8.29. The zero-order chi connectivity index (χ0) is 23.8. The van der Waals surface area contributed by atoms with Gasteiger partial charge in [0, 0.05) is 24.7 Å². The average Bonchev–Trinajstić information content (AvgIpc) is 2.81. The second kappa shape index (κ2) is 11.4. The average molecular weight is 455 g/mol. The third-order valence-electron chi connectivity index (χ3n) is 5.67. The molecule has 2 aromatic rings. The standard InChI is InChI=1S/C25H30N2O6/c1-4-31-25(30)33-21-10-8-19(9-11-21)24(29)26-20-12-14-27(15-13-20)23(28)16-32-22-7-5-6-17(2)18(22)3/h5-11,20H,4,12-16H2,1-3H3,(H,26,29). The number of nitrogens with zero attached hydrogens (tertiary/aromatic N) is 1. The fourth-order valence-corrected chi connectivity index (χ4v) is 3.57. The molecule has 0 aliphatic carbocycles. The molecule has 176 valence electrons. The number of carbonyl (C=O) groups excluding carboxylic acids is 3. The van der Waals surface area contributed by atoms with Gasteiger partial charge in [-0.25, -0.2) is 4.79 Å². The first kappa shape index (κ1) is 24.1. The van der Waals surface area contributed by atoms with E-state index in [9.17, 15) is 14.4 Å². The van der Waals surface area contributed by atoms with E-state index in [0.29, 0.717) is 37.2 Å². The third-order valence-corrected chi connectivity index (χ3v) is 5.67. The summed E-state index contributed by atoms with van der Waals surface area (Å²) in [7, 11) is 0. The summed E-state index contributed by atoms with van der Waals surface area (Å²) >= 11 is 0. The highest BCUT2D eigenvalue weighted by molar-refractivity contribution is 5.94. The van der Waals surface area contributed by atoms with Crippen LogP contribution in [0.4, 0.5) is 4.79 Å². The zero-order valence-electron chi connectivity index (χ0n) is 19.3. The number of ether oxygens (including phenoxy) is 3. The van der Waals surface area contributed by atoms with Crippen molar-refractivity contribution in [2.45, 2.75) is 39.7 Å². The van der Waals surface area contributed by atoms with Crippen molar-refractivity contribution < 1.29 is 28.6 Å². The molecular formula is C25H30N2O6. The van der Waals surface area contributed by atoms with E-state index in [2.05, 4.69) is 5.32 Å². The van der Waals surface area contributed by atoms with Crippen molar-refractivity contribution in [2.75, 3.05) is 26.3 Å². The van der Waals surface area contributed by atoms with Gasteiger partial charge < -0.3 is 24.4 Å². The number of hydrogen-bond donors (Lipinski definition) is 1. The number of benzene rings is 2. The van der Waals surface area contributed by atoms with Crippen LogP contribution in [0.15, 0.2) is 42.5 Å². The van der Waals surface area contributed by atoms with Gasteiger partial charge in [0.2, 0.25) is 0 Å². The Morgan fingerprint density at radius 1 is 1.03 bits per heavy atom. The summed E-state index contributed by atoms with van der Waals surface area (Å²) in [5.74, 6) is 0.766. The molecule has 33 heavy (non-hydrogen) atoms. The third kappa shape index (κ3) is 6.71. The topological polar surface area (TPSA) is 94.2 Å². The van der Waals surface area contributed by atoms with E-state index < -0.39 is 6.16 Å². The molecule has 0 radical (unpaired) electrons. The normalized spacial score (nSPS) is 13.8. The number of hydrogen-bond acceptors (Lipinski definition) is 6. The first-order valence-electron chi connectivity index (χ1n) is 11.1. The highest BCUT2D eigenvalue weighted by Gasteiger charge is 2.24. The van der Waals surface area contributed by atoms with Crippen LogP contribution >= 0.6 is 0 Å². The second-order valence-corrected chi connectivity index (χ2v) is 7.92. The van der Waals surface area contributed by atoms with Crippen molar-refractivity contribution in [3.63, 3.8) is 0 Å². The highest BCUT2D eigenvalue weighted by Crippen LogP contribution is 2.21. The number of amides is 2. The largest absolute Gasteiger partial charge is 0.513 e. The molecule has 2 amide bonds. The van der Waals surface area contributed by atoms with E-state index in [1.54, 1.807) is 36.1 Å². The van der Waals surface area contributed by atoms with Crippen LogP contribution in [0, 0.1) is 13.8 Å². The van der Waals surface area contributed by atoms with Gasteiger partial charge in [-0.2, -0.15) is 0 Å². The molecule has 0 saturated carbocycles. The molecule has 0 unspecified atom stereocenters. The highest BCUT2D eigenvalue weighted by atomic mass is 16.7. The van der Waals surface area contributed by atoms with E-state index in [-0.39, 0.29) is 31.1 Å². The molecule has 2 aromatic carbocycles. The lowest BCUT2D eigenvalue weighted by molar-refractivity contribution is -0.134. The first-order valence-corrected chi connectivity index (χ1v) is 11.1. The zero-order valence-corrected chi connectivity index (χ0v) is 19.3. The predicted molar refractivity (Wildman–Crippen MR) is 123 cm³/mol. The minimum atomic E-state index is -0.782. The SMILES string of the molecule is CCOC(=O)Oc1ccc(C(=O)NC2CCN(C(=O)COc3cccc(C)c3C)CC2)cc1. The maximum absolute atomic E-state index is 12.5. The smallest absolute Gasteiger partial charge is 0.483 e. The van der Waals surface area contributed by atoms with Crippen molar-refractivity contribution in [1.82, 2.24) is 10.2 Å². The Morgan fingerprint density at radius 3 is 2.39 bits per heavy atom. The minimum absolute atomic E-state index is 0.00153. The molecule has 3 rings (SSSR count). The van der Waals surface area contributed by atoms with Crippen LogP contribution in [-0.4, -0.2) is 55.2 Å². The van der Waals surface area contributed by atoms with Gasteiger partial charge in [-0.15, -0.1) is 0 Å². The molecule has 0 spiro atoms. The van der Waals surface area contributed by atoms with Crippen LogP contribution in [-0.2, 0) is 9.53 Å². The van der Waals surface area contributed by atoms with Gasteiger partial charge >= 0.3 is 6.16 Å². The quantitative estimate of drug-likeness (QED) is 0.507. The molecule has 1 N–H and O–H groups in total. The van der Waals surface area contributed by atoms with E-state index in [1.165, 1.54) is 0 Å². The number of piperidine rings is 1. The van der Waals surface area contributed by atoms with Crippen molar-refractivity contribution in [3.05, 3.63) is 59.2 Å². The summed E-state index contributed by atoms with van der Waals surface area (Å²) in [6, 6.07) is 12.0. The Labute approximate surface area is 193 Å². The number of rotatable bonds is 7. The van der Waals surface area contributed by atoms with Crippen LogP contribution in [0.25, 0.3) is 0 Å². The molecule has 1 heterocycles. The predicted octanol–water partition coefficient (Wildman–Crippen LogP) is 3.64. The lowest BCUT2D eigenvalue weighted by atomic mass is 10.0. The van der Waals surface area contributed by atoms with E-state index in [4.69, 9.17) is 14.2 Å². The van der Waals surface area contributed by atoms with Crippen LogP contribution in [0.2, 0.25) is 0 Å². The van der Waals surface area contributed by atoms with Crippen LogP contribution in [0.1, 0.15) is 41.3 Å². The van der Waals surface area contributed by atoms with Gasteiger partial charge in [-0.1, -0.05) is 12.1 Å². The molecule has 0 atom stereocenters. The van der Waals surface area contributed by atoms with Crippen molar-refractivity contribution in [3.8, 4) is 11.5 Å². The van der Waals surface area contributed by atoms with Crippen molar-refractivity contribution in [1.29, 1.82) is 0 Å². The maximum Gasteiger partial charge on any atom is 0.513 e. The maximum atomic E-state index is 12.5. The summed E-state index contributed by atoms with van der Waals surface area (Å²) in [5.41, 5.74) is 2.62. The Balaban J connectivity index is 1.43. The first-order chi connectivity index (χ1) is 15.9. The minimum Gasteiger partial charge on any atom is -0.483 e. The molecule has 1 aliphatic rings. The van der Waals surface area contributed by atoms with E-state index in [1.807, 2.05) is 32.0 Å². The van der Waals surface area contributed by atoms with Crippen LogP contribution in [0.5, 0.6) is 11.5 Å². The molecule has 0 bridgehead atoms. The van der Waals surface area contributed by atoms with Crippen molar-refractivity contribution >= 4 is 18.0 Å². The molecule has 1 aliphatic heterocycles. The molecule has 8 heteroatoms. The lowest BCUT2D eigenvalue weighted by Crippen LogP contribution is -2.47. The van der Waals surface area contributed by atoms with Gasteiger partial charge in [0.1, 0.15) is 11.5 Å². The Bertz CT molecular complexity index is 981. The second-order valence-electron chi connectivity index (χ2n) is 7.92. The van der Waals surface area contributed by atoms with Gasteiger partial charge in [0.25, 0.3) is 11.8 Å². The summed E-state index contributed by atoms with van der Waals surface area (Å²) < 4.78 is 15.4. The number of nitrogens with one attached hydrogen (secondary N) is 1. The summed E-state index contributed by atoms with van der Waals surface area (Å²) in [5, 5.41) is 3.01. The van der Waals surface area contributed by atoms with Crippen LogP contribution in [0.3, 0.4) is 0 Å². The van der Waals surface area contributed by atoms with Gasteiger partial charge in [0.05, 0.1) is 6.61 Å². The van der Waals surface area contributed by atoms with Gasteiger partial charge in [-0.3, -0.25) is 9.59 Å². The van der Waals surface area contributed by atoms with Crippen molar-refractivity contribution in [2.24, 2.45) is 0 Å². The summed E-state index contributed by atoms with van der Waals surface area (Å²) in [6.45, 7) is 7.03. The fourth-order valence-electron chi connectivity index (χ4n) is 3.57. The number of aryl methyl sites for hydroxylation is 1. The van der Waals surface area contributed by atoms with Gasteiger partial charge in [0.15, 0.2) is 6.61 Å². The Hall–Kier alpha value is -3.55. The number of carbonyl (C=O) groups is 3. The van der Waals surface area contributed by atoms with E-state index in [0.717, 1.165) is 16.9 Å². The monoisotopic (exact) mass is 454 g/mol. The van der Waals surface area contributed by atoms with Gasteiger partial charge in [-0.05, 0) is 75.1 Å². The molecule has 0 aromatic heterocycles.